The van der Waals surface area contributed by atoms with Gasteiger partial charge in [-0.1, -0.05) is 67.1 Å². The van der Waals surface area contributed by atoms with Gasteiger partial charge >= 0.3 is 0 Å². The number of hydrogen-bond acceptors (Lipinski definition) is 4. The van der Waals surface area contributed by atoms with Crippen molar-refractivity contribution in [2.45, 2.75) is 32.7 Å². The minimum Gasteiger partial charge on any atom is -0.309 e. The van der Waals surface area contributed by atoms with Crippen LogP contribution in [0.4, 0.5) is 5.82 Å². The molecule has 2 heterocycles. The molecule has 0 aliphatic rings. The molecule has 0 bridgehead atoms. The summed E-state index contributed by atoms with van der Waals surface area (Å²) in [5.74, 6) is 0.659. The maximum absolute atomic E-state index is 13.3. The van der Waals surface area contributed by atoms with Crippen molar-refractivity contribution in [2.75, 3.05) is 11.9 Å². The SMILES string of the molecule is Cc1ccc(C(C)CN[C@H](C(=O)Nc2cc(C)c(-c3cnn(C)c3)cn2)c2ccccc2)cc1. The summed E-state index contributed by atoms with van der Waals surface area (Å²) in [6.45, 7) is 6.93. The number of anilines is 1. The van der Waals surface area contributed by atoms with E-state index in [0.29, 0.717) is 12.4 Å². The fraction of sp³-hybridized carbons (Fsp3) is 0.250. The van der Waals surface area contributed by atoms with Crippen molar-refractivity contribution in [1.29, 1.82) is 0 Å². The van der Waals surface area contributed by atoms with Crippen molar-refractivity contribution in [1.82, 2.24) is 20.1 Å². The molecule has 4 aromatic rings. The monoisotopic (exact) mass is 453 g/mol. The van der Waals surface area contributed by atoms with Crippen LogP contribution in [-0.2, 0) is 11.8 Å². The first-order valence-electron chi connectivity index (χ1n) is 11.5. The normalized spacial score (nSPS) is 12.8. The molecule has 1 amide bonds. The Balaban J connectivity index is 1.49. The van der Waals surface area contributed by atoms with Crippen molar-refractivity contribution < 1.29 is 4.79 Å². The molecule has 0 fully saturated rings. The smallest absolute Gasteiger partial charge is 0.247 e. The average molecular weight is 454 g/mol. The molecule has 6 nitrogen and oxygen atoms in total. The molecule has 0 spiro atoms. The van der Waals surface area contributed by atoms with Gasteiger partial charge in [0.1, 0.15) is 11.9 Å². The van der Waals surface area contributed by atoms with Crippen molar-refractivity contribution in [3.05, 3.63) is 102 Å². The summed E-state index contributed by atoms with van der Waals surface area (Å²) in [5, 5.41) is 10.7. The van der Waals surface area contributed by atoms with Crippen molar-refractivity contribution in [2.24, 2.45) is 7.05 Å². The van der Waals surface area contributed by atoms with E-state index in [1.165, 1.54) is 11.1 Å². The summed E-state index contributed by atoms with van der Waals surface area (Å²) in [5.41, 5.74) is 6.42. The van der Waals surface area contributed by atoms with Crippen LogP contribution in [0.15, 0.2) is 79.3 Å². The number of amides is 1. The third-order valence-corrected chi connectivity index (χ3v) is 6.05. The molecule has 0 aliphatic heterocycles. The van der Waals surface area contributed by atoms with Gasteiger partial charge in [0.15, 0.2) is 0 Å². The first-order valence-corrected chi connectivity index (χ1v) is 11.5. The molecule has 34 heavy (non-hydrogen) atoms. The Hall–Kier alpha value is -3.77. The van der Waals surface area contributed by atoms with E-state index in [4.69, 9.17) is 0 Å². The lowest BCUT2D eigenvalue weighted by Crippen LogP contribution is -2.35. The Morgan fingerprint density at radius 3 is 2.38 bits per heavy atom. The van der Waals surface area contributed by atoms with Gasteiger partial charge in [-0.2, -0.15) is 5.10 Å². The molecular weight excluding hydrogens is 422 g/mol. The number of benzene rings is 2. The Kier molecular flexibility index (Phi) is 7.18. The quantitative estimate of drug-likeness (QED) is 0.386. The number of aryl methyl sites for hydroxylation is 3. The van der Waals surface area contributed by atoms with E-state index in [2.05, 4.69) is 58.8 Å². The van der Waals surface area contributed by atoms with Crippen LogP contribution in [0, 0.1) is 13.8 Å². The highest BCUT2D eigenvalue weighted by atomic mass is 16.2. The average Bonchev–Trinajstić information content (AvgIpc) is 3.26. The highest BCUT2D eigenvalue weighted by molar-refractivity contribution is 5.95. The number of carbonyl (C=O) groups excluding carboxylic acids is 1. The number of rotatable bonds is 8. The molecule has 0 saturated heterocycles. The Labute approximate surface area is 201 Å². The van der Waals surface area contributed by atoms with Gasteiger partial charge in [0.05, 0.1) is 6.20 Å². The Morgan fingerprint density at radius 2 is 1.74 bits per heavy atom. The van der Waals surface area contributed by atoms with Crippen molar-refractivity contribution in [3.63, 3.8) is 0 Å². The van der Waals surface area contributed by atoms with Crippen LogP contribution in [0.1, 0.15) is 41.1 Å². The number of aromatic nitrogens is 3. The highest BCUT2D eigenvalue weighted by Gasteiger charge is 2.22. The lowest BCUT2D eigenvalue weighted by molar-refractivity contribution is -0.118. The predicted molar refractivity (Wildman–Crippen MR) is 137 cm³/mol. The van der Waals surface area contributed by atoms with E-state index in [9.17, 15) is 4.79 Å². The first-order chi connectivity index (χ1) is 16.4. The minimum atomic E-state index is -0.491. The fourth-order valence-electron chi connectivity index (χ4n) is 4.00. The number of nitrogens with one attached hydrogen (secondary N) is 2. The van der Waals surface area contributed by atoms with Gasteiger partial charge in [0.2, 0.25) is 5.91 Å². The van der Waals surface area contributed by atoms with Gasteiger partial charge in [0.25, 0.3) is 0 Å². The Morgan fingerprint density at radius 1 is 1.00 bits per heavy atom. The summed E-state index contributed by atoms with van der Waals surface area (Å²) < 4.78 is 1.76. The summed E-state index contributed by atoms with van der Waals surface area (Å²) in [6, 6.07) is 19.7. The topological polar surface area (TPSA) is 71.8 Å². The highest BCUT2D eigenvalue weighted by Crippen LogP contribution is 2.25. The molecule has 6 heteroatoms. The van der Waals surface area contributed by atoms with Crippen LogP contribution >= 0.6 is 0 Å². The predicted octanol–water partition coefficient (Wildman–Crippen LogP) is 5.17. The molecule has 0 radical (unpaired) electrons. The van der Waals surface area contributed by atoms with E-state index < -0.39 is 6.04 Å². The third kappa shape index (κ3) is 5.58. The molecule has 2 N–H and O–H groups in total. The molecular formula is C28H31N5O. The second-order valence-corrected chi connectivity index (χ2v) is 8.84. The molecule has 2 aromatic carbocycles. The number of hydrogen-bond donors (Lipinski definition) is 2. The lowest BCUT2D eigenvalue weighted by Gasteiger charge is -2.21. The third-order valence-electron chi connectivity index (χ3n) is 6.05. The molecule has 2 atom stereocenters. The van der Waals surface area contributed by atoms with Gasteiger partial charge in [-0.05, 0) is 42.5 Å². The van der Waals surface area contributed by atoms with Crippen LogP contribution in [-0.4, -0.2) is 27.2 Å². The van der Waals surface area contributed by atoms with E-state index in [1.807, 2.05) is 62.8 Å². The van der Waals surface area contributed by atoms with Crippen LogP contribution in [0.2, 0.25) is 0 Å². The van der Waals surface area contributed by atoms with Gasteiger partial charge in [0, 0.05) is 37.1 Å². The molecule has 4 rings (SSSR count). The van der Waals surface area contributed by atoms with E-state index in [1.54, 1.807) is 10.9 Å². The maximum Gasteiger partial charge on any atom is 0.247 e. The molecule has 0 aliphatic carbocycles. The standard InChI is InChI=1S/C28H31N5O/c1-19-10-12-22(13-11-19)21(3)15-30-27(23-8-6-5-7-9-23)28(34)32-26-14-20(2)25(17-29-26)24-16-31-33(4)18-24/h5-14,16-18,21,27,30H,15H2,1-4H3,(H,29,32,34)/t21?,27-/m0/s1. The van der Waals surface area contributed by atoms with Crippen LogP contribution in [0.25, 0.3) is 11.1 Å². The number of pyridine rings is 1. The second kappa shape index (κ2) is 10.4. The van der Waals surface area contributed by atoms with E-state index in [-0.39, 0.29) is 11.8 Å². The zero-order valence-electron chi connectivity index (χ0n) is 20.1. The minimum absolute atomic E-state index is 0.136. The largest absolute Gasteiger partial charge is 0.309 e. The van der Waals surface area contributed by atoms with Crippen molar-refractivity contribution in [3.8, 4) is 11.1 Å². The lowest BCUT2D eigenvalue weighted by atomic mass is 9.98. The summed E-state index contributed by atoms with van der Waals surface area (Å²) in [6.07, 6.45) is 5.55. The van der Waals surface area contributed by atoms with Gasteiger partial charge in [-0.3, -0.25) is 9.48 Å². The fourth-order valence-corrected chi connectivity index (χ4v) is 4.00. The van der Waals surface area contributed by atoms with Crippen molar-refractivity contribution >= 4 is 11.7 Å². The van der Waals surface area contributed by atoms with E-state index >= 15 is 0 Å². The molecule has 174 valence electrons. The zero-order chi connectivity index (χ0) is 24.1. The Bertz CT molecular complexity index is 1250. The van der Waals surface area contributed by atoms with E-state index in [0.717, 1.165) is 22.3 Å². The molecule has 2 aromatic heterocycles. The first kappa shape index (κ1) is 23.4. The number of nitrogens with zero attached hydrogens (tertiary/aromatic N) is 3. The van der Waals surface area contributed by atoms with Gasteiger partial charge < -0.3 is 10.6 Å². The molecule has 1 unspecified atom stereocenters. The maximum atomic E-state index is 13.3. The zero-order valence-corrected chi connectivity index (χ0v) is 20.1. The van der Waals surface area contributed by atoms with Crippen LogP contribution < -0.4 is 10.6 Å². The summed E-state index contributed by atoms with van der Waals surface area (Å²) in [4.78, 5) is 17.8. The van der Waals surface area contributed by atoms with Gasteiger partial charge in [-0.25, -0.2) is 4.98 Å². The molecule has 0 saturated carbocycles. The van der Waals surface area contributed by atoms with Gasteiger partial charge in [-0.15, -0.1) is 0 Å². The second-order valence-electron chi connectivity index (χ2n) is 8.84. The van der Waals surface area contributed by atoms with Crippen LogP contribution in [0.3, 0.4) is 0 Å². The summed E-state index contributed by atoms with van der Waals surface area (Å²) in [7, 11) is 1.89. The summed E-state index contributed by atoms with van der Waals surface area (Å²) >= 11 is 0. The number of carbonyl (C=O) groups is 1. The van der Waals surface area contributed by atoms with Crippen LogP contribution in [0.5, 0.6) is 0 Å².